The molecule has 0 spiro atoms. The molecular weight excluding hydrogens is 494 g/mol. The summed E-state index contributed by atoms with van der Waals surface area (Å²) in [4.78, 5) is 41.6. The number of hydrogen-bond acceptors (Lipinski definition) is 3. The van der Waals surface area contributed by atoms with Crippen LogP contribution in [0.1, 0.15) is 81.0 Å². The third-order valence-electron chi connectivity index (χ3n) is 7.86. The van der Waals surface area contributed by atoms with Gasteiger partial charge in [-0.25, -0.2) is 0 Å². The lowest BCUT2D eigenvalue weighted by Crippen LogP contribution is -2.29. The van der Waals surface area contributed by atoms with E-state index in [1.165, 1.54) is 5.56 Å². The topological polar surface area (TPSA) is 56.1 Å². The molecule has 0 saturated carbocycles. The summed E-state index contributed by atoms with van der Waals surface area (Å²) in [6, 6.07) is 22.6. The van der Waals surface area contributed by atoms with Gasteiger partial charge in [-0.2, -0.15) is 0 Å². The summed E-state index contributed by atoms with van der Waals surface area (Å²) in [6.07, 6.45) is 1.91. The van der Waals surface area contributed by atoms with Crippen LogP contribution in [0.25, 0.3) is 16.9 Å². The fourth-order valence-electron chi connectivity index (χ4n) is 6.10. The summed E-state index contributed by atoms with van der Waals surface area (Å²) >= 11 is 6.26. The molecule has 4 aromatic rings. The Morgan fingerprint density at radius 1 is 0.842 bits per heavy atom. The van der Waals surface area contributed by atoms with E-state index >= 15 is 0 Å². The first kappa shape index (κ1) is 24.6. The Morgan fingerprint density at radius 2 is 1.45 bits per heavy atom. The number of aryl methyl sites for hydroxylation is 1. The van der Waals surface area contributed by atoms with Crippen molar-refractivity contribution < 1.29 is 14.4 Å². The third kappa shape index (κ3) is 3.78. The molecule has 4 nitrogen and oxygen atoms in total. The first-order valence-electron chi connectivity index (χ1n) is 13.0. The Hall–Kier alpha value is -3.76. The number of ketones is 3. The van der Waals surface area contributed by atoms with E-state index in [0.29, 0.717) is 45.8 Å². The molecule has 0 bridgehead atoms. The van der Waals surface area contributed by atoms with E-state index in [1.807, 2.05) is 12.1 Å². The normalized spacial score (nSPS) is 16.6. The van der Waals surface area contributed by atoms with Gasteiger partial charge in [0.05, 0.1) is 5.69 Å². The maximum absolute atomic E-state index is 13.9. The quantitative estimate of drug-likeness (QED) is 0.259. The summed E-state index contributed by atoms with van der Waals surface area (Å²) in [6.45, 7) is 6.30. The average molecular weight is 522 g/mol. The smallest absolute Gasteiger partial charge is 0.178 e. The van der Waals surface area contributed by atoms with Gasteiger partial charge in [-0.1, -0.05) is 80.9 Å². The van der Waals surface area contributed by atoms with Crippen LogP contribution in [-0.2, 0) is 12.8 Å². The van der Waals surface area contributed by atoms with E-state index in [0.717, 1.165) is 23.4 Å². The van der Waals surface area contributed by atoms with Crippen LogP contribution >= 0.6 is 11.6 Å². The van der Waals surface area contributed by atoms with Crippen LogP contribution in [0.3, 0.4) is 0 Å². The number of fused-ring (bicyclic) bond motifs is 2. The molecule has 6 rings (SSSR count). The van der Waals surface area contributed by atoms with Crippen molar-refractivity contribution in [3.05, 3.63) is 111 Å². The first-order chi connectivity index (χ1) is 18.2. The first-order valence-corrected chi connectivity index (χ1v) is 13.4. The predicted molar refractivity (Wildman–Crippen MR) is 150 cm³/mol. The molecular formula is C33H28ClNO3. The van der Waals surface area contributed by atoms with Crippen LogP contribution in [-0.4, -0.2) is 21.9 Å². The monoisotopic (exact) mass is 521 g/mol. The van der Waals surface area contributed by atoms with Gasteiger partial charge in [-0.3, -0.25) is 14.4 Å². The van der Waals surface area contributed by atoms with Crippen LogP contribution in [0.2, 0.25) is 5.02 Å². The lowest BCUT2D eigenvalue weighted by Gasteiger charge is -2.30. The summed E-state index contributed by atoms with van der Waals surface area (Å²) in [5, 5.41) is 0.586. The molecule has 2 aliphatic carbocycles. The van der Waals surface area contributed by atoms with Crippen LogP contribution in [0.4, 0.5) is 0 Å². The number of aromatic nitrogens is 1. The number of carbonyl (C=O) groups is 3. The summed E-state index contributed by atoms with van der Waals surface area (Å²) in [7, 11) is 0. The maximum Gasteiger partial charge on any atom is 0.178 e. The van der Waals surface area contributed by atoms with Crippen molar-refractivity contribution in [1.82, 2.24) is 4.57 Å². The van der Waals surface area contributed by atoms with E-state index in [-0.39, 0.29) is 22.8 Å². The van der Waals surface area contributed by atoms with Gasteiger partial charge in [0.2, 0.25) is 0 Å². The van der Waals surface area contributed by atoms with Gasteiger partial charge in [0.25, 0.3) is 0 Å². The number of rotatable bonds is 4. The molecule has 0 atom stereocenters. The SMILES string of the molecule is CCc1ccc(-n2c3c(c(C4C(=O)c5ccccc5C4=O)c2-c2ccc(Cl)cc2)C(=O)CC(C)(C)C3)cc1. The van der Waals surface area contributed by atoms with Crippen molar-refractivity contribution in [2.75, 3.05) is 0 Å². The fraction of sp³-hybridized carbons (Fsp3) is 0.242. The zero-order valence-electron chi connectivity index (χ0n) is 21.7. The highest BCUT2D eigenvalue weighted by atomic mass is 35.5. The van der Waals surface area contributed by atoms with Gasteiger partial charge < -0.3 is 4.57 Å². The Kier molecular flexibility index (Phi) is 5.77. The molecule has 190 valence electrons. The number of hydrogen-bond donors (Lipinski definition) is 0. The summed E-state index contributed by atoms with van der Waals surface area (Å²) in [5.41, 5.74) is 6.09. The largest absolute Gasteiger partial charge is 0.313 e. The summed E-state index contributed by atoms with van der Waals surface area (Å²) < 4.78 is 2.11. The molecule has 1 heterocycles. The van der Waals surface area contributed by atoms with Gasteiger partial charge in [0.15, 0.2) is 17.3 Å². The van der Waals surface area contributed by atoms with E-state index in [2.05, 4.69) is 49.6 Å². The third-order valence-corrected chi connectivity index (χ3v) is 8.11. The highest BCUT2D eigenvalue weighted by molar-refractivity contribution is 6.31. The highest BCUT2D eigenvalue weighted by Crippen LogP contribution is 2.48. The second kappa shape index (κ2) is 8.92. The average Bonchev–Trinajstić information content (AvgIpc) is 3.35. The van der Waals surface area contributed by atoms with Gasteiger partial charge >= 0.3 is 0 Å². The van der Waals surface area contributed by atoms with E-state index in [1.54, 1.807) is 36.4 Å². The summed E-state index contributed by atoms with van der Waals surface area (Å²) in [5.74, 6) is -1.59. The molecule has 0 fully saturated rings. The minimum absolute atomic E-state index is 0.0260. The lowest BCUT2D eigenvalue weighted by atomic mass is 9.74. The van der Waals surface area contributed by atoms with Crippen LogP contribution < -0.4 is 0 Å². The molecule has 2 aliphatic rings. The molecule has 38 heavy (non-hydrogen) atoms. The molecule has 0 aliphatic heterocycles. The minimum Gasteiger partial charge on any atom is -0.313 e. The molecule has 0 N–H and O–H groups in total. The Morgan fingerprint density at radius 3 is 2.03 bits per heavy atom. The van der Waals surface area contributed by atoms with Crippen molar-refractivity contribution in [1.29, 1.82) is 0 Å². The zero-order valence-corrected chi connectivity index (χ0v) is 22.4. The second-order valence-electron chi connectivity index (χ2n) is 11.1. The van der Waals surface area contributed by atoms with Crippen molar-refractivity contribution >= 4 is 29.0 Å². The number of halogens is 1. The van der Waals surface area contributed by atoms with Crippen molar-refractivity contribution in [3.8, 4) is 16.9 Å². The second-order valence-corrected chi connectivity index (χ2v) is 11.5. The molecule has 1 aromatic heterocycles. The lowest BCUT2D eigenvalue weighted by molar-refractivity contribution is 0.0888. The Bertz CT molecular complexity index is 1590. The fourth-order valence-corrected chi connectivity index (χ4v) is 6.23. The minimum atomic E-state index is -1.06. The van der Waals surface area contributed by atoms with Crippen LogP contribution in [0.5, 0.6) is 0 Å². The van der Waals surface area contributed by atoms with Gasteiger partial charge in [-0.15, -0.1) is 0 Å². The van der Waals surface area contributed by atoms with Crippen molar-refractivity contribution in [3.63, 3.8) is 0 Å². The van der Waals surface area contributed by atoms with Crippen LogP contribution in [0.15, 0.2) is 72.8 Å². The number of benzene rings is 3. The van der Waals surface area contributed by atoms with Gasteiger partial charge in [-0.05, 0) is 53.6 Å². The van der Waals surface area contributed by atoms with Crippen molar-refractivity contribution in [2.45, 2.75) is 46.0 Å². The van der Waals surface area contributed by atoms with Gasteiger partial charge in [0, 0.05) is 45.1 Å². The van der Waals surface area contributed by atoms with Gasteiger partial charge in [0.1, 0.15) is 5.92 Å². The van der Waals surface area contributed by atoms with Crippen LogP contribution in [0, 0.1) is 5.41 Å². The molecule has 0 radical (unpaired) electrons. The number of Topliss-reactive ketones (excluding diaryl/α,β-unsaturated/α-hetero) is 3. The Labute approximate surface area is 227 Å². The standard InChI is InChI=1S/C33H28ClNO3/c1-4-19-9-15-22(16-10-19)35-25-17-33(2,3)18-26(36)27(25)28(30(35)20-11-13-21(34)14-12-20)29-31(37)23-7-5-6-8-24(23)32(29)38/h5-16,29H,4,17-18H2,1-3H3. The maximum atomic E-state index is 13.9. The molecule has 3 aromatic carbocycles. The number of nitrogens with zero attached hydrogens (tertiary/aromatic N) is 1. The van der Waals surface area contributed by atoms with E-state index in [9.17, 15) is 14.4 Å². The zero-order chi connectivity index (χ0) is 26.8. The molecule has 0 saturated heterocycles. The Balaban J connectivity index is 1.72. The van der Waals surface area contributed by atoms with E-state index < -0.39 is 5.92 Å². The molecule has 0 unspecified atom stereocenters. The number of carbonyl (C=O) groups excluding carboxylic acids is 3. The molecule has 5 heteroatoms. The highest BCUT2D eigenvalue weighted by Gasteiger charge is 2.47. The van der Waals surface area contributed by atoms with E-state index in [4.69, 9.17) is 11.6 Å². The van der Waals surface area contributed by atoms with Crippen molar-refractivity contribution in [2.24, 2.45) is 5.41 Å². The predicted octanol–water partition coefficient (Wildman–Crippen LogP) is 7.68. The molecule has 0 amide bonds.